The van der Waals surface area contributed by atoms with Crippen molar-refractivity contribution in [1.82, 2.24) is 4.90 Å². The zero-order valence-electron chi connectivity index (χ0n) is 9.77. The Hall–Kier alpha value is -1.64. The average Bonchev–Trinajstić information content (AvgIpc) is 2.28. The fourth-order valence-corrected chi connectivity index (χ4v) is 1.42. The van der Waals surface area contributed by atoms with Gasteiger partial charge in [0.25, 0.3) is 0 Å². The molecule has 3 heteroatoms. The van der Waals surface area contributed by atoms with E-state index in [1.165, 1.54) is 18.2 Å². The summed E-state index contributed by atoms with van der Waals surface area (Å²) in [6.45, 7) is 3.71. The van der Waals surface area contributed by atoms with Crippen LogP contribution in [0, 0.1) is 5.82 Å². The van der Waals surface area contributed by atoms with Gasteiger partial charge in [-0.05, 0) is 37.6 Å². The number of allylic oxidation sites excluding steroid dienone is 1. The number of carbonyl (C=O) groups is 1. The molecule has 1 unspecified atom stereocenters. The molecule has 0 aliphatic carbocycles. The largest absolute Gasteiger partial charge is 0.335 e. The molecule has 1 atom stereocenters. The number of hydrogen-bond donors (Lipinski definition) is 0. The maximum Gasteiger partial charge on any atom is 0.246 e. The maximum absolute atomic E-state index is 12.7. The lowest BCUT2D eigenvalue weighted by Gasteiger charge is -2.24. The number of hydrogen-bond acceptors (Lipinski definition) is 1. The minimum absolute atomic E-state index is 0.0562. The molecular formula is C13H16FNO. The standard InChI is InChI=1S/C13H16FNO/c1-4-5-13(16)15(3)10(2)11-6-8-12(14)9-7-11/h4-10H,1-3H3. The summed E-state index contributed by atoms with van der Waals surface area (Å²) in [7, 11) is 1.73. The fraction of sp³-hybridized carbons (Fsp3) is 0.308. The van der Waals surface area contributed by atoms with E-state index in [0.717, 1.165) is 5.56 Å². The van der Waals surface area contributed by atoms with Gasteiger partial charge in [0, 0.05) is 7.05 Å². The molecule has 0 spiro atoms. The molecule has 1 aromatic carbocycles. The number of benzene rings is 1. The summed E-state index contributed by atoms with van der Waals surface area (Å²) >= 11 is 0. The van der Waals surface area contributed by atoms with Gasteiger partial charge in [-0.25, -0.2) is 4.39 Å². The number of halogens is 1. The van der Waals surface area contributed by atoms with Crippen LogP contribution in [0.3, 0.4) is 0 Å². The molecule has 0 aliphatic rings. The molecule has 0 fully saturated rings. The van der Waals surface area contributed by atoms with E-state index in [4.69, 9.17) is 0 Å². The summed E-state index contributed by atoms with van der Waals surface area (Å²) in [4.78, 5) is 13.2. The van der Waals surface area contributed by atoms with E-state index in [0.29, 0.717) is 0 Å². The second-order valence-corrected chi connectivity index (χ2v) is 3.68. The second kappa shape index (κ2) is 5.45. The van der Waals surface area contributed by atoms with Crippen molar-refractivity contribution in [2.24, 2.45) is 0 Å². The van der Waals surface area contributed by atoms with Crippen LogP contribution in [0.2, 0.25) is 0 Å². The van der Waals surface area contributed by atoms with Crippen molar-refractivity contribution in [3.8, 4) is 0 Å². The molecule has 0 aliphatic heterocycles. The lowest BCUT2D eigenvalue weighted by atomic mass is 10.1. The van der Waals surface area contributed by atoms with Gasteiger partial charge in [0.05, 0.1) is 6.04 Å². The van der Waals surface area contributed by atoms with E-state index in [1.54, 1.807) is 37.1 Å². The van der Waals surface area contributed by atoms with E-state index >= 15 is 0 Å². The molecule has 86 valence electrons. The third-order valence-corrected chi connectivity index (χ3v) is 2.59. The lowest BCUT2D eigenvalue weighted by Crippen LogP contribution is -2.27. The summed E-state index contributed by atoms with van der Waals surface area (Å²) in [6.07, 6.45) is 3.22. The van der Waals surface area contributed by atoms with Crippen molar-refractivity contribution in [1.29, 1.82) is 0 Å². The Bertz CT molecular complexity index is 383. The summed E-state index contributed by atoms with van der Waals surface area (Å²) in [5, 5.41) is 0. The molecule has 0 heterocycles. The number of carbonyl (C=O) groups excluding carboxylic acids is 1. The first-order chi connectivity index (χ1) is 7.56. The Morgan fingerprint density at radius 2 is 1.94 bits per heavy atom. The van der Waals surface area contributed by atoms with Gasteiger partial charge in [0.1, 0.15) is 5.82 Å². The Labute approximate surface area is 95.4 Å². The average molecular weight is 221 g/mol. The number of amides is 1. The summed E-state index contributed by atoms with van der Waals surface area (Å²) in [5.41, 5.74) is 0.918. The predicted octanol–water partition coefficient (Wildman–Crippen LogP) is 2.92. The van der Waals surface area contributed by atoms with Crippen molar-refractivity contribution in [2.45, 2.75) is 19.9 Å². The normalized spacial score (nSPS) is 12.8. The van der Waals surface area contributed by atoms with Crippen molar-refractivity contribution < 1.29 is 9.18 Å². The van der Waals surface area contributed by atoms with Crippen molar-refractivity contribution in [3.05, 3.63) is 47.8 Å². The molecule has 0 bridgehead atoms. The molecule has 1 aromatic rings. The van der Waals surface area contributed by atoms with Crippen LogP contribution in [0.1, 0.15) is 25.5 Å². The number of likely N-dealkylation sites (N-methyl/N-ethyl adjacent to an activating group) is 1. The van der Waals surface area contributed by atoms with E-state index < -0.39 is 0 Å². The van der Waals surface area contributed by atoms with E-state index in [2.05, 4.69) is 0 Å². The van der Waals surface area contributed by atoms with Crippen LogP contribution in [-0.4, -0.2) is 17.9 Å². The highest BCUT2D eigenvalue weighted by atomic mass is 19.1. The number of nitrogens with zero attached hydrogens (tertiary/aromatic N) is 1. The quantitative estimate of drug-likeness (QED) is 0.719. The molecule has 1 amide bonds. The summed E-state index contributed by atoms with van der Waals surface area (Å²) < 4.78 is 12.7. The van der Waals surface area contributed by atoms with Crippen LogP contribution in [-0.2, 0) is 4.79 Å². The highest BCUT2D eigenvalue weighted by Crippen LogP contribution is 2.19. The van der Waals surface area contributed by atoms with Crippen LogP contribution in [0.25, 0.3) is 0 Å². The predicted molar refractivity (Wildman–Crippen MR) is 62.4 cm³/mol. The summed E-state index contributed by atoms with van der Waals surface area (Å²) in [6, 6.07) is 6.13. The molecule has 0 N–H and O–H groups in total. The van der Waals surface area contributed by atoms with Gasteiger partial charge in [-0.1, -0.05) is 18.2 Å². The van der Waals surface area contributed by atoms with Crippen LogP contribution in [0.15, 0.2) is 36.4 Å². The van der Waals surface area contributed by atoms with Crippen LogP contribution >= 0.6 is 0 Å². The Balaban J connectivity index is 2.81. The van der Waals surface area contributed by atoms with Crippen LogP contribution in [0.4, 0.5) is 4.39 Å². The minimum Gasteiger partial charge on any atom is -0.335 e. The van der Waals surface area contributed by atoms with Gasteiger partial charge in [-0.3, -0.25) is 4.79 Å². The molecule has 1 rings (SSSR count). The monoisotopic (exact) mass is 221 g/mol. The van der Waals surface area contributed by atoms with Crippen molar-refractivity contribution in [2.75, 3.05) is 7.05 Å². The first-order valence-electron chi connectivity index (χ1n) is 5.21. The Morgan fingerprint density at radius 1 is 1.38 bits per heavy atom. The van der Waals surface area contributed by atoms with E-state index in [-0.39, 0.29) is 17.8 Å². The van der Waals surface area contributed by atoms with Gasteiger partial charge in [0.2, 0.25) is 5.91 Å². The molecule has 0 saturated carbocycles. The highest BCUT2D eigenvalue weighted by Gasteiger charge is 2.14. The second-order valence-electron chi connectivity index (χ2n) is 3.68. The first kappa shape index (κ1) is 12.4. The van der Waals surface area contributed by atoms with Gasteiger partial charge < -0.3 is 4.90 Å². The van der Waals surface area contributed by atoms with Gasteiger partial charge in [0.15, 0.2) is 0 Å². The van der Waals surface area contributed by atoms with Gasteiger partial charge >= 0.3 is 0 Å². The smallest absolute Gasteiger partial charge is 0.246 e. The molecule has 0 saturated heterocycles. The maximum atomic E-state index is 12.7. The minimum atomic E-state index is -0.265. The zero-order valence-corrected chi connectivity index (χ0v) is 9.77. The Kier molecular flexibility index (Phi) is 4.23. The highest BCUT2D eigenvalue weighted by molar-refractivity contribution is 5.87. The molecule has 2 nitrogen and oxygen atoms in total. The molecule has 0 aromatic heterocycles. The van der Waals surface area contributed by atoms with Gasteiger partial charge in [-0.15, -0.1) is 0 Å². The zero-order chi connectivity index (χ0) is 12.1. The fourth-order valence-electron chi connectivity index (χ4n) is 1.42. The van der Waals surface area contributed by atoms with Crippen molar-refractivity contribution in [3.63, 3.8) is 0 Å². The SMILES string of the molecule is CC=CC(=O)N(C)C(C)c1ccc(F)cc1. The van der Waals surface area contributed by atoms with Crippen LogP contribution in [0.5, 0.6) is 0 Å². The van der Waals surface area contributed by atoms with E-state index in [9.17, 15) is 9.18 Å². The van der Waals surface area contributed by atoms with Crippen molar-refractivity contribution >= 4 is 5.91 Å². The summed E-state index contributed by atoms with van der Waals surface area (Å²) in [5.74, 6) is -0.322. The van der Waals surface area contributed by atoms with Gasteiger partial charge in [-0.2, -0.15) is 0 Å². The molecule has 0 radical (unpaired) electrons. The van der Waals surface area contributed by atoms with E-state index in [1.807, 2.05) is 6.92 Å². The first-order valence-corrected chi connectivity index (χ1v) is 5.21. The Morgan fingerprint density at radius 3 is 2.44 bits per heavy atom. The third-order valence-electron chi connectivity index (χ3n) is 2.59. The molecular weight excluding hydrogens is 205 g/mol. The van der Waals surface area contributed by atoms with Crippen LogP contribution < -0.4 is 0 Å². The molecule has 16 heavy (non-hydrogen) atoms. The topological polar surface area (TPSA) is 20.3 Å². The third kappa shape index (κ3) is 2.92. The lowest BCUT2D eigenvalue weighted by molar-refractivity contribution is -0.126. The number of rotatable bonds is 3.